The summed E-state index contributed by atoms with van der Waals surface area (Å²) < 4.78 is 17.0. The van der Waals surface area contributed by atoms with Crippen LogP contribution in [-0.4, -0.2) is 36.9 Å². The molecular formula is C15H20O5. The van der Waals surface area contributed by atoms with Crippen LogP contribution < -0.4 is 0 Å². The van der Waals surface area contributed by atoms with E-state index >= 15 is 0 Å². The maximum absolute atomic E-state index is 12.1. The van der Waals surface area contributed by atoms with Crippen LogP contribution in [-0.2, 0) is 23.8 Å². The third kappa shape index (κ3) is 1.91. The first-order valence-corrected chi connectivity index (χ1v) is 7.17. The van der Waals surface area contributed by atoms with Crippen LogP contribution in [0.25, 0.3) is 0 Å². The van der Waals surface area contributed by atoms with Crippen molar-refractivity contribution in [1.29, 1.82) is 0 Å². The van der Waals surface area contributed by atoms with E-state index in [1.54, 1.807) is 6.08 Å². The van der Waals surface area contributed by atoms with Gasteiger partial charge in [0.25, 0.3) is 0 Å². The van der Waals surface area contributed by atoms with Gasteiger partial charge in [-0.25, -0.2) is 0 Å². The monoisotopic (exact) mass is 280 g/mol. The van der Waals surface area contributed by atoms with Gasteiger partial charge in [-0.05, 0) is 18.9 Å². The van der Waals surface area contributed by atoms with Gasteiger partial charge < -0.3 is 14.2 Å². The normalized spacial score (nSPS) is 35.6. The third-order valence-electron chi connectivity index (χ3n) is 4.79. The first-order chi connectivity index (χ1) is 9.47. The van der Waals surface area contributed by atoms with Crippen molar-refractivity contribution in [2.24, 2.45) is 5.41 Å². The van der Waals surface area contributed by atoms with Gasteiger partial charge in [0.2, 0.25) is 0 Å². The van der Waals surface area contributed by atoms with Crippen molar-refractivity contribution in [3.8, 4) is 0 Å². The molecule has 1 saturated carbocycles. The lowest BCUT2D eigenvalue weighted by atomic mass is 9.61. The van der Waals surface area contributed by atoms with E-state index in [4.69, 9.17) is 14.2 Å². The minimum absolute atomic E-state index is 0.122. The molecule has 3 rings (SSSR count). The van der Waals surface area contributed by atoms with E-state index < -0.39 is 23.3 Å². The molecule has 2 atom stereocenters. The lowest BCUT2D eigenvalue weighted by molar-refractivity contribution is -0.242. The van der Waals surface area contributed by atoms with Gasteiger partial charge in [0.05, 0.1) is 13.2 Å². The zero-order valence-corrected chi connectivity index (χ0v) is 11.9. The maximum atomic E-state index is 12.1. The Bertz CT molecular complexity index is 475. The highest BCUT2D eigenvalue weighted by Crippen LogP contribution is 2.56. The first-order valence-electron chi connectivity index (χ1n) is 7.17. The van der Waals surface area contributed by atoms with Crippen molar-refractivity contribution in [3.63, 3.8) is 0 Å². The fourth-order valence-electron chi connectivity index (χ4n) is 3.78. The van der Waals surface area contributed by atoms with Gasteiger partial charge >= 0.3 is 5.97 Å². The molecule has 1 spiro atoms. The molecule has 0 aromatic heterocycles. The smallest absolute Gasteiger partial charge is 0.303 e. The molecule has 5 heteroatoms. The minimum atomic E-state index is -0.718. The van der Waals surface area contributed by atoms with Gasteiger partial charge in [-0.15, -0.1) is 0 Å². The van der Waals surface area contributed by atoms with Gasteiger partial charge in [0, 0.05) is 25.2 Å². The minimum Gasteiger partial charge on any atom is -0.454 e. The Morgan fingerprint density at radius 2 is 2.10 bits per heavy atom. The molecule has 0 radical (unpaired) electrons. The Hall–Kier alpha value is -1.20. The molecule has 0 N–H and O–H groups in total. The molecule has 2 fully saturated rings. The van der Waals surface area contributed by atoms with Crippen molar-refractivity contribution in [2.45, 2.75) is 51.4 Å². The number of esters is 1. The second kappa shape index (κ2) is 4.67. The molecule has 20 heavy (non-hydrogen) atoms. The van der Waals surface area contributed by atoms with Gasteiger partial charge in [0.15, 0.2) is 17.7 Å². The van der Waals surface area contributed by atoms with Crippen molar-refractivity contribution >= 4 is 11.8 Å². The second-order valence-electron chi connectivity index (χ2n) is 6.01. The molecule has 0 bridgehead atoms. The number of carbonyl (C=O) groups is 2. The van der Waals surface area contributed by atoms with Crippen LogP contribution in [0.4, 0.5) is 0 Å². The standard InChI is InChI=1S/C15H20O5/c1-10(16)20-13-9-14(2)11(8-12(13)17)4-3-5-15(14)18-6-7-19-15/h8,13H,3-7,9H2,1-2H3/t13?,14-/m0/s1. The van der Waals surface area contributed by atoms with Crippen LogP contribution in [0.1, 0.15) is 39.5 Å². The molecule has 1 aliphatic heterocycles. The molecule has 0 aromatic rings. The van der Waals surface area contributed by atoms with Gasteiger partial charge in [0.1, 0.15) is 0 Å². The lowest BCUT2D eigenvalue weighted by Gasteiger charge is -2.51. The van der Waals surface area contributed by atoms with Crippen LogP contribution in [0, 0.1) is 5.41 Å². The quantitative estimate of drug-likeness (QED) is 0.685. The Morgan fingerprint density at radius 1 is 1.40 bits per heavy atom. The van der Waals surface area contributed by atoms with E-state index in [0.29, 0.717) is 19.6 Å². The summed E-state index contributed by atoms with van der Waals surface area (Å²) in [5.74, 6) is -1.21. The van der Waals surface area contributed by atoms with E-state index in [0.717, 1.165) is 24.8 Å². The number of fused-ring (bicyclic) bond motifs is 2. The molecule has 0 amide bonds. The van der Waals surface area contributed by atoms with Crippen molar-refractivity contribution < 1.29 is 23.8 Å². The number of hydrogen-bond donors (Lipinski definition) is 0. The fraction of sp³-hybridized carbons (Fsp3) is 0.733. The summed E-state index contributed by atoms with van der Waals surface area (Å²) in [6.07, 6.45) is 4.02. The summed E-state index contributed by atoms with van der Waals surface area (Å²) in [5, 5.41) is 0. The van der Waals surface area contributed by atoms with E-state index in [-0.39, 0.29) is 5.78 Å². The fourth-order valence-corrected chi connectivity index (χ4v) is 3.78. The van der Waals surface area contributed by atoms with Crippen LogP contribution >= 0.6 is 0 Å². The summed E-state index contributed by atoms with van der Waals surface area (Å²) in [6.45, 7) is 4.55. The van der Waals surface area contributed by atoms with Gasteiger partial charge in [-0.3, -0.25) is 9.59 Å². The number of ether oxygens (including phenoxy) is 3. The molecule has 3 aliphatic rings. The molecule has 1 unspecified atom stereocenters. The van der Waals surface area contributed by atoms with E-state index in [2.05, 4.69) is 6.92 Å². The SMILES string of the molecule is CC(=O)OC1C[C@@]2(C)C(=CC1=O)CCCC21OCCO1. The third-order valence-corrected chi connectivity index (χ3v) is 4.79. The largest absolute Gasteiger partial charge is 0.454 e. The van der Waals surface area contributed by atoms with E-state index in [1.165, 1.54) is 6.92 Å². The van der Waals surface area contributed by atoms with Crippen LogP contribution in [0.5, 0.6) is 0 Å². The molecule has 110 valence electrons. The highest BCUT2D eigenvalue weighted by molar-refractivity contribution is 5.96. The van der Waals surface area contributed by atoms with Crippen LogP contribution in [0.15, 0.2) is 11.6 Å². The number of carbonyl (C=O) groups excluding carboxylic acids is 2. The summed E-state index contributed by atoms with van der Waals surface area (Å²) in [6, 6.07) is 0. The van der Waals surface area contributed by atoms with Crippen molar-refractivity contribution in [3.05, 3.63) is 11.6 Å². The Morgan fingerprint density at radius 3 is 2.75 bits per heavy atom. The number of ketones is 1. The summed E-state index contributed by atoms with van der Waals surface area (Å²) in [5.41, 5.74) is 0.675. The molecule has 5 nitrogen and oxygen atoms in total. The predicted octanol–water partition coefficient (Wildman–Crippen LogP) is 1.75. The molecule has 1 saturated heterocycles. The number of hydrogen-bond acceptors (Lipinski definition) is 5. The summed E-state index contributed by atoms with van der Waals surface area (Å²) in [7, 11) is 0. The lowest BCUT2D eigenvalue weighted by Crippen LogP contribution is -2.55. The van der Waals surface area contributed by atoms with E-state index in [9.17, 15) is 9.59 Å². The summed E-state index contributed by atoms with van der Waals surface area (Å²) >= 11 is 0. The molecule has 1 heterocycles. The first kappa shape index (κ1) is 13.8. The molecular weight excluding hydrogens is 260 g/mol. The van der Waals surface area contributed by atoms with Crippen LogP contribution in [0.2, 0.25) is 0 Å². The Labute approximate surface area is 118 Å². The van der Waals surface area contributed by atoms with Crippen LogP contribution in [0.3, 0.4) is 0 Å². The van der Waals surface area contributed by atoms with E-state index in [1.807, 2.05) is 0 Å². The summed E-state index contributed by atoms with van der Waals surface area (Å²) in [4.78, 5) is 23.3. The second-order valence-corrected chi connectivity index (χ2v) is 6.01. The average molecular weight is 280 g/mol. The maximum Gasteiger partial charge on any atom is 0.303 e. The predicted molar refractivity (Wildman–Crippen MR) is 69.9 cm³/mol. The number of rotatable bonds is 1. The Kier molecular flexibility index (Phi) is 3.21. The Balaban J connectivity index is 1.96. The molecule has 2 aliphatic carbocycles. The highest BCUT2D eigenvalue weighted by Gasteiger charge is 2.59. The van der Waals surface area contributed by atoms with Crippen molar-refractivity contribution in [2.75, 3.05) is 13.2 Å². The highest BCUT2D eigenvalue weighted by atomic mass is 16.7. The zero-order valence-electron chi connectivity index (χ0n) is 11.9. The topological polar surface area (TPSA) is 61.8 Å². The van der Waals surface area contributed by atoms with Gasteiger partial charge in [-0.2, -0.15) is 0 Å². The van der Waals surface area contributed by atoms with Crippen molar-refractivity contribution in [1.82, 2.24) is 0 Å². The zero-order chi connectivity index (χ0) is 14.4. The van der Waals surface area contributed by atoms with Gasteiger partial charge in [-0.1, -0.05) is 12.5 Å². The average Bonchev–Trinajstić information content (AvgIpc) is 2.83. The molecule has 0 aromatic carbocycles.